The van der Waals surface area contributed by atoms with Gasteiger partial charge in [0, 0.05) is 11.1 Å². The Morgan fingerprint density at radius 2 is 1.58 bits per heavy atom. The number of methoxy groups -OCH3 is 1. The lowest BCUT2D eigenvalue weighted by molar-refractivity contribution is 0.0603. The van der Waals surface area contributed by atoms with E-state index in [1.54, 1.807) is 0 Å². The minimum absolute atomic E-state index is 0.124. The Morgan fingerprint density at radius 1 is 0.962 bits per heavy atom. The number of aromatic nitrogens is 2. The summed E-state index contributed by atoms with van der Waals surface area (Å²) in [5.74, 6) is -0.198. The lowest BCUT2D eigenvalue weighted by atomic mass is 10.1. The highest BCUT2D eigenvalue weighted by molar-refractivity contribution is 7.21. The summed E-state index contributed by atoms with van der Waals surface area (Å²) in [4.78, 5) is 21.9. The molecule has 2 aromatic heterocycles. The molecule has 4 rings (SSSR count). The number of esters is 1. The number of nitrogens with zero attached hydrogens (tertiary/aromatic N) is 2. The van der Waals surface area contributed by atoms with E-state index in [0.717, 1.165) is 22.5 Å². The molecule has 0 bridgehead atoms. The molecule has 0 aliphatic rings. The van der Waals surface area contributed by atoms with E-state index in [2.05, 4.69) is 9.97 Å². The SMILES string of the molecule is COC(=O)c1sc2nc(-c3ccccc3)nc(-c3ccccc3)c2c1O. The van der Waals surface area contributed by atoms with Crippen LogP contribution in [-0.4, -0.2) is 28.2 Å². The number of thiophene rings is 1. The molecular formula is C20H14N2O3S. The van der Waals surface area contributed by atoms with Gasteiger partial charge in [-0.3, -0.25) is 0 Å². The van der Waals surface area contributed by atoms with Gasteiger partial charge in [-0.1, -0.05) is 60.7 Å². The average molecular weight is 362 g/mol. The molecule has 0 saturated carbocycles. The second-order valence-corrected chi connectivity index (χ2v) is 6.58. The van der Waals surface area contributed by atoms with Gasteiger partial charge in [-0.15, -0.1) is 11.3 Å². The van der Waals surface area contributed by atoms with Gasteiger partial charge in [0.15, 0.2) is 16.5 Å². The lowest BCUT2D eigenvalue weighted by Crippen LogP contribution is -1.97. The van der Waals surface area contributed by atoms with Gasteiger partial charge in [-0.25, -0.2) is 14.8 Å². The fourth-order valence-electron chi connectivity index (χ4n) is 2.74. The number of carbonyl (C=O) groups excluding carboxylic acids is 1. The molecule has 0 spiro atoms. The fraction of sp³-hybridized carbons (Fsp3) is 0.0500. The first-order chi connectivity index (χ1) is 12.7. The number of ether oxygens (including phenoxy) is 1. The highest BCUT2D eigenvalue weighted by Crippen LogP contribution is 2.42. The van der Waals surface area contributed by atoms with Gasteiger partial charge in [0.25, 0.3) is 0 Å². The summed E-state index contributed by atoms with van der Waals surface area (Å²) in [5.41, 5.74) is 2.28. The first-order valence-electron chi connectivity index (χ1n) is 7.91. The zero-order chi connectivity index (χ0) is 18.1. The zero-order valence-corrected chi connectivity index (χ0v) is 14.7. The molecular weight excluding hydrogens is 348 g/mol. The highest BCUT2D eigenvalue weighted by Gasteiger charge is 2.24. The molecule has 6 heteroatoms. The van der Waals surface area contributed by atoms with Gasteiger partial charge in [0.1, 0.15) is 4.83 Å². The van der Waals surface area contributed by atoms with Crippen LogP contribution in [0.2, 0.25) is 0 Å². The number of aromatic hydroxyl groups is 1. The summed E-state index contributed by atoms with van der Waals surface area (Å²) >= 11 is 1.10. The number of hydrogen-bond acceptors (Lipinski definition) is 6. The second-order valence-electron chi connectivity index (χ2n) is 5.58. The van der Waals surface area contributed by atoms with Crippen LogP contribution in [0.4, 0.5) is 0 Å². The standard InChI is InChI=1S/C20H14N2O3S/c1-25-20(24)17-16(23)14-15(12-8-4-2-5-9-12)21-18(22-19(14)26-17)13-10-6-3-7-11-13/h2-11,23H,1H3. The highest BCUT2D eigenvalue weighted by atomic mass is 32.1. The van der Waals surface area contributed by atoms with Crippen LogP contribution in [0.15, 0.2) is 60.7 Å². The Kier molecular flexibility index (Phi) is 4.10. The number of benzene rings is 2. The van der Waals surface area contributed by atoms with Crippen LogP contribution in [0.1, 0.15) is 9.67 Å². The molecule has 4 aromatic rings. The van der Waals surface area contributed by atoms with Crippen molar-refractivity contribution in [2.75, 3.05) is 7.11 Å². The van der Waals surface area contributed by atoms with Crippen LogP contribution in [0.3, 0.4) is 0 Å². The Balaban J connectivity index is 2.05. The Labute approximate surface area is 153 Å². The van der Waals surface area contributed by atoms with Crippen molar-refractivity contribution in [1.82, 2.24) is 9.97 Å². The van der Waals surface area contributed by atoms with Crippen LogP contribution in [0.25, 0.3) is 32.9 Å². The molecule has 26 heavy (non-hydrogen) atoms. The summed E-state index contributed by atoms with van der Waals surface area (Å²) in [6, 6.07) is 19.1. The topological polar surface area (TPSA) is 72.3 Å². The molecule has 5 nitrogen and oxygen atoms in total. The fourth-order valence-corrected chi connectivity index (χ4v) is 3.72. The van der Waals surface area contributed by atoms with Crippen molar-refractivity contribution in [2.24, 2.45) is 0 Å². The normalized spacial score (nSPS) is 10.8. The van der Waals surface area contributed by atoms with Crippen molar-refractivity contribution in [2.45, 2.75) is 0 Å². The summed E-state index contributed by atoms with van der Waals surface area (Å²) < 4.78 is 4.77. The van der Waals surface area contributed by atoms with E-state index < -0.39 is 5.97 Å². The smallest absolute Gasteiger partial charge is 0.351 e. The van der Waals surface area contributed by atoms with Crippen LogP contribution in [0.5, 0.6) is 5.75 Å². The number of rotatable bonds is 3. The number of hydrogen-bond donors (Lipinski definition) is 1. The predicted octanol–water partition coefficient (Wildman–Crippen LogP) is 4.52. The third-order valence-corrected chi connectivity index (χ3v) is 5.03. The van der Waals surface area contributed by atoms with Crippen molar-refractivity contribution in [3.05, 3.63) is 65.5 Å². The second kappa shape index (κ2) is 6.57. The van der Waals surface area contributed by atoms with E-state index in [4.69, 9.17) is 4.74 Å². The van der Waals surface area contributed by atoms with Crippen molar-refractivity contribution in [1.29, 1.82) is 0 Å². The Bertz CT molecular complexity index is 1090. The van der Waals surface area contributed by atoms with Crippen LogP contribution >= 0.6 is 11.3 Å². The molecule has 0 fully saturated rings. The van der Waals surface area contributed by atoms with E-state index in [-0.39, 0.29) is 10.6 Å². The Morgan fingerprint density at radius 3 is 2.19 bits per heavy atom. The van der Waals surface area contributed by atoms with Gasteiger partial charge in [0.05, 0.1) is 18.2 Å². The van der Waals surface area contributed by atoms with Gasteiger partial charge in [-0.2, -0.15) is 0 Å². The van der Waals surface area contributed by atoms with Crippen LogP contribution in [0, 0.1) is 0 Å². The van der Waals surface area contributed by atoms with Gasteiger partial charge < -0.3 is 9.84 Å². The monoisotopic (exact) mass is 362 g/mol. The van der Waals surface area contributed by atoms with Crippen molar-refractivity contribution < 1.29 is 14.6 Å². The van der Waals surface area contributed by atoms with Crippen molar-refractivity contribution in [3.8, 4) is 28.4 Å². The maximum Gasteiger partial charge on any atom is 0.351 e. The first-order valence-corrected chi connectivity index (χ1v) is 8.73. The third kappa shape index (κ3) is 2.70. The Hall–Kier alpha value is -3.25. The van der Waals surface area contributed by atoms with E-state index in [1.807, 2.05) is 60.7 Å². The van der Waals surface area contributed by atoms with Gasteiger partial charge in [0.2, 0.25) is 0 Å². The zero-order valence-electron chi connectivity index (χ0n) is 13.8. The molecule has 128 valence electrons. The first kappa shape index (κ1) is 16.2. The molecule has 0 aliphatic carbocycles. The van der Waals surface area contributed by atoms with E-state index in [9.17, 15) is 9.90 Å². The van der Waals surface area contributed by atoms with Crippen molar-refractivity contribution >= 4 is 27.5 Å². The quantitative estimate of drug-likeness (QED) is 0.543. The molecule has 0 aliphatic heterocycles. The molecule has 0 amide bonds. The summed E-state index contributed by atoms with van der Waals surface area (Å²) in [6.07, 6.45) is 0. The lowest BCUT2D eigenvalue weighted by Gasteiger charge is -2.07. The van der Waals surface area contributed by atoms with Crippen LogP contribution in [-0.2, 0) is 4.74 Å². The summed E-state index contributed by atoms with van der Waals surface area (Å²) in [5, 5.41) is 11.1. The molecule has 0 saturated heterocycles. The third-order valence-electron chi connectivity index (χ3n) is 3.98. The summed E-state index contributed by atoms with van der Waals surface area (Å²) in [6.45, 7) is 0. The van der Waals surface area contributed by atoms with Crippen LogP contribution < -0.4 is 0 Å². The largest absolute Gasteiger partial charge is 0.505 e. The molecule has 2 aromatic carbocycles. The molecule has 0 radical (unpaired) electrons. The molecule has 1 N–H and O–H groups in total. The maximum absolute atomic E-state index is 12.0. The average Bonchev–Trinajstić information content (AvgIpc) is 3.04. The summed E-state index contributed by atoms with van der Waals surface area (Å²) in [7, 11) is 1.28. The predicted molar refractivity (Wildman–Crippen MR) is 101 cm³/mol. The van der Waals surface area contributed by atoms with E-state index >= 15 is 0 Å². The molecule has 2 heterocycles. The van der Waals surface area contributed by atoms with E-state index in [1.165, 1.54) is 7.11 Å². The minimum atomic E-state index is -0.592. The molecule has 0 atom stereocenters. The van der Waals surface area contributed by atoms with Gasteiger partial charge in [-0.05, 0) is 0 Å². The molecule has 0 unspecified atom stereocenters. The minimum Gasteiger partial charge on any atom is -0.505 e. The number of fused-ring (bicyclic) bond motifs is 1. The maximum atomic E-state index is 12.0. The van der Waals surface area contributed by atoms with Gasteiger partial charge >= 0.3 is 5.97 Å². The van der Waals surface area contributed by atoms with Crippen molar-refractivity contribution in [3.63, 3.8) is 0 Å². The number of carbonyl (C=O) groups is 1. The van der Waals surface area contributed by atoms with E-state index in [0.29, 0.717) is 21.7 Å².